The van der Waals surface area contributed by atoms with Gasteiger partial charge in [0, 0.05) is 12.0 Å². The third-order valence-corrected chi connectivity index (χ3v) is 6.04. The van der Waals surface area contributed by atoms with Crippen LogP contribution in [0.5, 0.6) is 0 Å². The molecule has 0 fully saturated rings. The van der Waals surface area contributed by atoms with E-state index in [1.165, 1.54) is 19.3 Å². The second-order valence-corrected chi connectivity index (χ2v) is 8.50. The molecular weight excluding hydrogens is 418 g/mol. The van der Waals surface area contributed by atoms with Gasteiger partial charge in [0.05, 0.1) is 0 Å². The molecule has 3 aromatic rings. The van der Waals surface area contributed by atoms with Gasteiger partial charge in [-0.05, 0) is 48.1 Å². The Morgan fingerprint density at radius 1 is 0.853 bits per heavy atom. The van der Waals surface area contributed by atoms with E-state index in [4.69, 9.17) is 4.74 Å². The molecule has 0 aromatic heterocycles. The zero-order chi connectivity index (χ0) is 23.9. The van der Waals surface area contributed by atoms with E-state index < -0.39 is 11.5 Å². The van der Waals surface area contributed by atoms with Crippen molar-refractivity contribution in [2.45, 2.75) is 51.0 Å². The third kappa shape index (κ3) is 7.50. The first-order valence-corrected chi connectivity index (χ1v) is 12.2. The van der Waals surface area contributed by atoms with E-state index in [2.05, 4.69) is 54.4 Å². The Morgan fingerprint density at radius 3 is 2.03 bits per heavy atom. The van der Waals surface area contributed by atoms with Gasteiger partial charge >= 0.3 is 6.09 Å². The number of carbonyl (C=O) groups is 1. The van der Waals surface area contributed by atoms with Crippen LogP contribution < -0.4 is 5.32 Å². The fraction of sp³-hybridized carbons (Fsp3) is 0.290. The van der Waals surface area contributed by atoms with Crippen LogP contribution in [0.1, 0.15) is 55.7 Å². The first-order chi connectivity index (χ1) is 16.7. The Kier molecular flexibility index (Phi) is 10.2. The van der Waals surface area contributed by atoms with E-state index in [-0.39, 0.29) is 6.61 Å². The molecule has 0 saturated heterocycles. The minimum absolute atomic E-state index is 0.247. The number of ether oxygens (including phenoxy) is 1. The Bertz CT molecular complexity index is 999. The molecule has 0 bridgehead atoms. The summed E-state index contributed by atoms with van der Waals surface area (Å²) in [6.07, 6.45) is 9.21. The number of carbonyl (C=O) groups excluding carboxylic acids is 1. The minimum Gasteiger partial charge on any atom is -0.445 e. The topological polar surface area (TPSA) is 38.3 Å². The molecule has 3 nitrogen and oxygen atoms in total. The highest BCUT2D eigenvalue weighted by molar-refractivity contribution is 5.67. The van der Waals surface area contributed by atoms with Crippen molar-refractivity contribution >= 4 is 6.09 Å². The van der Waals surface area contributed by atoms with Gasteiger partial charge in [-0.25, -0.2) is 4.79 Å². The molecule has 3 heteroatoms. The summed E-state index contributed by atoms with van der Waals surface area (Å²) in [7, 11) is 0. The van der Waals surface area contributed by atoms with Crippen LogP contribution >= 0.6 is 0 Å². The van der Waals surface area contributed by atoms with Crippen LogP contribution in [0, 0.1) is 0 Å². The SMILES string of the molecule is CCCCCC=C=CCC(CNC(=O)OCc1ccccc1)(c1ccccc1)c1ccccc1. The lowest BCUT2D eigenvalue weighted by Gasteiger charge is -2.34. The summed E-state index contributed by atoms with van der Waals surface area (Å²) < 4.78 is 5.49. The second-order valence-electron chi connectivity index (χ2n) is 8.50. The van der Waals surface area contributed by atoms with E-state index in [0.717, 1.165) is 23.1 Å². The van der Waals surface area contributed by atoms with Gasteiger partial charge < -0.3 is 10.1 Å². The Morgan fingerprint density at radius 2 is 1.44 bits per heavy atom. The molecular formula is C31H35NO2. The van der Waals surface area contributed by atoms with Gasteiger partial charge in [-0.3, -0.25) is 0 Å². The highest BCUT2D eigenvalue weighted by Crippen LogP contribution is 2.35. The van der Waals surface area contributed by atoms with E-state index in [1.807, 2.05) is 66.7 Å². The summed E-state index contributed by atoms with van der Waals surface area (Å²) in [4.78, 5) is 12.6. The average Bonchev–Trinajstić information content (AvgIpc) is 2.90. The molecule has 0 unspecified atom stereocenters. The summed E-state index contributed by atoms with van der Waals surface area (Å²) in [6.45, 7) is 2.88. The van der Waals surface area contributed by atoms with Crippen LogP contribution in [0.2, 0.25) is 0 Å². The zero-order valence-electron chi connectivity index (χ0n) is 20.1. The van der Waals surface area contributed by atoms with Gasteiger partial charge in [0.15, 0.2) is 0 Å². The number of hydrogen-bond acceptors (Lipinski definition) is 2. The highest BCUT2D eigenvalue weighted by Gasteiger charge is 2.34. The molecule has 0 aliphatic rings. The van der Waals surface area contributed by atoms with Crippen LogP contribution in [0.3, 0.4) is 0 Å². The molecule has 0 atom stereocenters. The molecule has 3 aromatic carbocycles. The molecule has 0 aliphatic heterocycles. The van der Waals surface area contributed by atoms with Crippen molar-refractivity contribution in [3.63, 3.8) is 0 Å². The molecule has 0 spiro atoms. The molecule has 1 amide bonds. The molecule has 0 saturated carbocycles. The lowest BCUT2D eigenvalue weighted by Crippen LogP contribution is -2.41. The van der Waals surface area contributed by atoms with Gasteiger partial charge in [-0.1, -0.05) is 111 Å². The third-order valence-electron chi connectivity index (χ3n) is 6.04. The predicted molar refractivity (Wildman–Crippen MR) is 140 cm³/mol. The lowest BCUT2D eigenvalue weighted by molar-refractivity contribution is 0.137. The van der Waals surface area contributed by atoms with Crippen molar-refractivity contribution in [3.05, 3.63) is 126 Å². The Hall–Kier alpha value is -3.55. The summed E-state index contributed by atoms with van der Waals surface area (Å²) >= 11 is 0. The molecule has 0 aliphatic carbocycles. The molecule has 1 N–H and O–H groups in total. The van der Waals surface area contributed by atoms with Crippen molar-refractivity contribution in [2.75, 3.05) is 6.54 Å². The van der Waals surface area contributed by atoms with Crippen LogP contribution in [0.25, 0.3) is 0 Å². The first-order valence-electron chi connectivity index (χ1n) is 12.2. The summed E-state index contributed by atoms with van der Waals surface area (Å²) in [5.74, 6) is 0. The van der Waals surface area contributed by atoms with Crippen molar-refractivity contribution in [3.8, 4) is 0 Å². The maximum atomic E-state index is 12.6. The maximum Gasteiger partial charge on any atom is 0.407 e. The number of allylic oxidation sites excluding steroid dienone is 1. The molecule has 176 valence electrons. The quantitative estimate of drug-likeness (QED) is 0.227. The van der Waals surface area contributed by atoms with Gasteiger partial charge in [0.1, 0.15) is 6.61 Å². The average molecular weight is 454 g/mol. The predicted octanol–water partition coefficient (Wildman–Crippen LogP) is 7.58. The van der Waals surface area contributed by atoms with Crippen molar-refractivity contribution in [2.24, 2.45) is 0 Å². The number of hydrogen-bond donors (Lipinski definition) is 1. The van der Waals surface area contributed by atoms with Crippen LogP contribution in [0.15, 0.2) is 109 Å². The summed E-state index contributed by atoms with van der Waals surface area (Å²) in [5, 5.41) is 3.04. The number of amides is 1. The smallest absolute Gasteiger partial charge is 0.407 e. The number of rotatable bonds is 12. The second kappa shape index (κ2) is 13.9. The van der Waals surface area contributed by atoms with Crippen LogP contribution in [-0.2, 0) is 16.8 Å². The van der Waals surface area contributed by atoms with Gasteiger partial charge in [0.2, 0.25) is 0 Å². The maximum absolute atomic E-state index is 12.6. The molecule has 0 radical (unpaired) electrons. The standard InChI is InChI=1S/C31H35NO2/c1-2-3-4-5-6-7-17-24-31(28-20-13-9-14-21-28,29-22-15-10-16-23-29)26-32-30(33)34-25-27-18-11-8-12-19-27/h6,8-23H,2-5,24-26H2,1H3,(H,32,33). The van der Waals surface area contributed by atoms with Gasteiger partial charge in [-0.15, -0.1) is 5.73 Å². The van der Waals surface area contributed by atoms with Crippen molar-refractivity contribution in [1.82, 2.24) is 5.32 Å². The monoisotopic (exact) mass is 453 g/mol. The number of alkyl carbamates (subject to hydrolysis) is 1. The molecule has 34 heavy (non-hydrogen) atoms. The van der Waals surface area contributed by atoms with Crippen LogP contribution in [0.4, 0.5) is 4.79 Å². The van der Waals surface area contributed by atoms with Crippen LogP contribution in [-0.4, -0.2) is 12.6 Å². The lowest BCUT2D eigenvalue weighted by atomic mass is 9.72. The highest BCUT2D eigenvalue weighted by atomic mass is 16.5. The van der Waals surface area contributed by atoms with Gasteiger partial charge in [0.25, 0.3) is 0 Å². The normalized spacial score (nSPS) is 10.7. The number of benzene rings is 3. The van der Waals surface area contributed by atoms with E-state index in [0.29, 0.717) is 13.0 Å². The fourth-order valence-corrected chi connectivity index (χ4v) is 4.09. The summed E-state index contributed by atoms with van der Waals surface area (Å²) in [5.41, 5.74) is 6.21. The Labute approximate surface area is 204 Å². The number of unbranched alkanes of at least 4 members (excludes halogenated alkanes) is 3. The Balaban J connectivity index is 1.81. The zero-order valence-corrected chi connectivity index (χ0v) is 20.1. The van der Waals surface area contributed by atoms with Crippen molar-refractivity contribution < 1.29 is 9.53 Å². The number of nitrogens with one attached hydrogen (secondary N) is 1. The van der Waals surface area contributed by atoms with E-state index in [9.17, 15) is 4.79 Å². The fourth-order valence-electron chi connectivity index (χ4n) is 4.09. The molecule has 0 heterocycles. The first kappa shape index (κ1) is 25.1. The largest absolute Gasteiger partial charge is 0.445 e. The van der Waals surface area contributed by atoms with Crippen molar-refractivity contribution in [1.29, 1.82) is 0 Å². The minimum atomic E-state index is -0.432. The molecule has 3 rings (SSSR count). The van der Waals surface area contributed by atoms with Gasteiger partial charge in [-0.2, -0.15) is 0 Å². The van der Waals surface area contributed by atoms with E-state index >= 15 is 0 Å². The summed E-state index contributed by atoms with van der Waals surface area (Å²) in [6, 6.07) is 30.5. The van der Waals surface area contributed by atoms with E-state index in [1.54, 1.807) is 0 Å².